The van der Waals surface area contributed by atoms with Crippen LogP contribution in [-0.2, 0) is 0 Å². The van der Waals surface area contributed by atoms with E-state index in [0.717, 1.165) is 25.9 Å². The SMILES string of the molecule is O=C(NCCC1CCNC1)c1cn(-c2cccc([N+](=O)[O-])c2)nn1. The molecule has 1 aromatic heterocycles. The zero-order valence-electron chi connectivity index (χ0n) is 13.0. The average Bonchev–Trinajstić information content (AvgIpc) is 3.26. The maximum atomic E-state index is 12.1. The molecule has 1 amide bonds. The van der Waals surface area contributed by atoms with E-state index in [1.807, 2.05) is 0 Å². The lowest BCUT2D eigenvalue weighted by atomic mass is 10.1. The van der Waals surface area contributed by atoms with Crippen molar-refractivity contribution in [3.63, 3.8) is 0 Å². The first-order chi connectivity index (χ1) is 11.6. The second kappa shape index (κ2) is 7.18. The number of hydrogen-bond acceptors (Lipinski definition) is 6. The number of benzene rings is 1. The fourth-order valence-corrected chi connectivity index (χ4v) is 2.68. The van der Waals surface area contributed by atoms with Crippen molar-refractivity contribution in [3.05, 3.63) is 46.3 Å². The number of nitro benzene ring substituents is 1. The van der Waals surface area contributed by atoms with E-state index in [2.05, 4.69) is 20.9 Å². The topological polar surface area (TPSA) is 115 Å². The standard InChI is InChI=1S/C15H18N6O3/c22-15(17-7-5-11-4-6-16-9-11)14-10-20(19-18-14)12-2-1-3-13(8-12)21(23)24/h1-3,8,10-11,16H,4-7,9H2,(H,17,22). The summed E-state index contributed by atoms with van der Waals surface area (Å²) in [6.07, 6.45) is 3.53. The molecule has 0 saturated carbocycles. The summed E-state index contributed by atoms with van der Waals surface area (Å²) < 4.78 is 1.35. The van der Waals surface area contributed by atoms with Gasteiger partial charge in [-0.05, 0) is 37.9 Å². The molecule has 2 N–H and O–H groups in total. The predicted octanol–water partition coefficient (Wildman–Crippen LogP) is 0.905. The highest BCUT2D eigenvalue weighted by Crippen LogP contribution is 2.16. The van der Waals surface area contributed by atoms with Crippen molar-refractivity contribution in [2.24, 2.45) is 5.92 Å². The van der Waals surface area contributed by atoms with Crippen LogP contribution in [0.2, 0.25) is 0 Å². The van der Waals surface area contributed by atoms with Gasteiger partial charge >= 0.3 is 0 Å². The zero-order chi connectivity index (χ0) is 16.9. The van der Waals surface area contributed by atoms with Gasteiger partial charge in [0.25, 0.3) is 11.6 Å². The summed E-state index contributed by atoms with van der Waals surface area (Å²) in [7, 11) is 0. The Balaban J connectivity index is 1.61. The largest absolute Gasteiger partial charge is 0.351 e. The summed E-state index contributed by atoms with van der Waals surface area (Å²) in [6, 6.07) is 6.00. The Hall–Kier alpha value is -2.81. The first-order valence-corrected chi connectivity index (χ1v) is 7.79. The zero-order valence-corrected chi connectivity index (χ0v) is 13.0. The third-order valence-electron chi connectivity index (χ3n) is 4.03. The molecule has 2 heterocycles. The normalized spacial score (nSPS) is 16.9. The lowest BCUT2D eigenvalue weighted by Crippen LogP contribution is -2.26. The van der Waals surface area contributed by atoms with E-state index < -0.39 is 4.92 Å². The molecule has 0 radical (unpaired) electrons. The summed E-state index contributed by atoms with van der Waals surface area (Å²) in [4.78, 5) is 22.4. The molecule has 2 aromatic rings. The van der Waals surface area contributed by atoms with Gasteiger partial charge in [0.05, 0.1) is 16.8 Å². The van der Waals surface area contributed by atoms with Crippen LogP contribution in [0.1, 0.15) is 23.3 Å². The van der Waals surface area contributed by atoms with Gasteiger partial charge in [0.1, 0.15) is 0 Å². The highest BCUT2D eigenvalue weighted by atomic mass is 16.6. The van der Waals surface area contributed by atoms with Gasteiger partial charge in [-0.1, -0.05) is 11.3 Å². The molecule has 1 aliphatic heterocycles. The summed E-state index contributed by atoms with van der Waals surface area (Å²) in [5, 5.41) is 24.6. The number of rotatable bonds is 6. The molecule has 0 bridgehead atoms. The molecule has 1 saturated heterocycles. The lowest BCUT2D eigenvalue weighted by molar-refractivity contribution is -0.384. The van der Waals surface area contributed by atoms with Crippen molar-refractivity contribution >= 4 is 11.6 Å². The maximum absolute atomic E-state index is 12.1. The molecule has 9 heteroatoms. The van der Waals surface area contributed by atoms with Crippen LogP contribution in [0.25, 0.3) is 5.69 Å². The maximum Gasteiger partial charge on any atom is 0.273 e. The van der Waals surface area contributed by atoms with Crippen molar-refractivity contribution in [1.29, 1.82) is 0 Å². The predicted molar refractivity (Wildman–Crippen MR) is 85.9 cm³/mol. The third kappa shape index (κ3) is 3.74. The van der Waals surface area contributed by atoms with Gasteiger partial charge in [0, 0.05) is 18.7 Å². The molecule has 1 unspecified atom stereocenters. The minimum absolute atomic E-state index is 0.0424. The van der Waals surface area contributed by atoms with E-state index in [4.69, 9.17) is 0 Å². The van der Waals surface area contributed by atoms with Crippen molar-refractivity contribution < 1.29 is 9.72 Å². The highest BCUT2D eigenvalue weighted by Gasteiger charge is 2.16. The number of amides is 1. The van der Waals surface area contributed by atoms with E-state index in [1.165, 1.54) is 23.0 Å². The van der Waals surface area contributed by atoms with Crippen molar-refractivity contribution in [3.8, 4) is 5.69 Å². The summed E-state index contributed by atoms with van der Waals surface area (Å²) in [5.74, 6) is 0.309. The first-order valence-electron chi connectivity index (χ1n) is 7.79. The molecule has 126 valence electrons. The van der Waals surface area contributed by atoms with Crippen molar-refractivity contribution in [2.75, 3.05) is 19.6 Å². The molecule has 24 heavy (non-hydrogen) atoms. The van der Waals surface area contributed by atoms with Crippen LogP contribution in [0.4, 0.5) is 5.69 Å². The summed E-state index contributed by atoms with van der Waals surface area (Å²) in [6.45, 7) is 2.63. The molecule has 1 aliphatic rings. The molecule has 9 nitrogen and oxygen atoms in total. The second-order valence-electron chi connectivity index (χ2n) is 5.73. The fraction of sp³-hybridized carbons (Fsp3) is 0.400. The smallest absolute Gasteiger partial charge is 0.273 e. The van der Waals surface area contributed by atoms with Crippen molar-refractivity contribution in [2.45, 2.75) is 12.8 Å². The molecule has 1 fully saturated rings. The van der Waals surface area contributed by atoms with E-state index in [1.54, 1.807) is 12.1 Å². The second-order valence-corrected chi connectivity index (χ2v) is 5.73. The quantitative estimate of drug-likeness (QED) is 0.601. The van der Waals surface area contributed by atoms with E-state index in [9.17, 15) is 14.9 Å². The minimum Gasteiger partial charge on any atom is -0.351 e. The Kier molecular flexibility index (Phi) is 4.80. The number of carbonyl (C=O) groups excluding carboxylic acids is 1. The number of nitrogens with one attached hydrogen (secondary N) is 2. The van der Waals surface area contributed by atoms with Gasteiger partial charge in [0.15, 0.2) is 5.69 Å². The Bertz CT molecular complexity index is 738. The summed E-state index contributed by atoms with van der Waals surface area (Å²) >= 11 is 0. The number of nitrogens with zero attached hydrogens (tertiary/aromatic N) is 4. The molecular formula is C15H18N6O3. The van der Waals surface area contributed by atoms with E-state index in [0.29, 0.717) is 18.2 Å². The monoisotopic (exact) mass is 330 g/mol. The fourth-order valence-electron chi connectivity index (χ4n) is 2.68. The molecular weight excluding hydrogens is 312 g/mol. The average molecular weight is 330 g/mol. The Morgan fingerprint density at radius 2 is 2.38 bits per heavy atom. The number of carbonyl (C=O) groups is 1. The molecule has 0 spiro atoms. The van der Waals surface area contributed by atoms with Gasteiger partial charge in [0.2, 0.25) is 0 Å². The molecule has 1 atom stereocenters. The van der Waals surface area contributed by atoms with Crippen LogP contribution in [0.5, 0.6) is 0 Å². The number of nitro groups is 1. The highest BCUT2D eigenvalue weighted by molar-refractivity contribution is 5.91. The Morgan fingerprint density at radius 3 is 3.12 bits per heavy atom. The number of hydrogen-bond donors (Lipinski definition) is 2. The van der Waals surface area contributed by atoms with Crippen LogP contribution in [-0.4, -0.2) is 45.5 Å². The Labute approximate surface area is 138 Å². The van der Waals surface area contributed by atoms with E-state index in [-0.39, 0.29) is 17.3 Å². The number of non-ortho nitro benzene ring substituents is 1. The van der Waals surface area contributed by atoms with Gasteiger partial charge < -0.3 is 10.6 Å². The first kappa shape index (κ1) is 16.1. The van der Waals surface area contributed by atoms with Crippen molar-refractivity contribution in [1.82, 2.24) is 25.6 Å². The van der Waals surface area contributed by atoms with Gasteiger partial charge in [-0.15, -0.1) is 5.10 Å². The van der Waals surface area contributed by atoms with Gasteiger partial charge in [-0.2, -0.15) is 0 Å². The van der Waals surface area contributed by atoms with Crippen LogP contribution >= 0.6 is 0 Å². The molecule has 1 aromatic carbocycles. The van der Waals surface area contributed by atoms with Crippen LogP contribution in [0.15, 0.2) is 30.5 Å². The third-order valence-corrected chi connectivity index (χ3v) is 4.03. The van der Waals surface area contributed by atoms with Gasteiger partial charge in [-0.3, -0.25) is 14.9 Å². The number of aromatic nitrogens is 3. The summed E-state index contributed by atoms with van der Waals surface area (Å²) in [5.41, 5.74) is 0.623. The molecule has 3 rings (SSSR count). The lowest BCUT2D eigenvalue weighted by Gasteiger charge is -2.08. The van der Waals surface area contributed by atoms with Crippen LogP contribution in [0.3, 0.4) is 0 Å². The minimum atomic E-state index is -0.480. The molecule has 0 aliphatic carbocycles. The van der Waals surface area contributed by atoms with Gasteiger partial charge in [-0.25, -0.2) is 4.68 Å². The van der Waals surface area contributed by atoms with Crippen LogP contribution in [0, 0.1) is 16.0 Å². The van der Waals surface area contributed by atoms with E-state index >= 15 is 0 Å². The van der Waals surface area contributed by atoms with Crippen LogP contribution < -0.4 is 10.6 Å². The Morgan fingerprint density at radius 1 is 1.50 bits per heavy atom.